The first kappa shape index (κ1) is 16.1. The fraction of sp³-hybridized carbons (Fsp3) is 0.368. The molecule has 25 heavy (non-hydrogen) atoms. The molecule has 0 radical (unpaired) electrons. The number of para-hydroxylation sites is 2. The molecule has 2 aromatic heterocycles. The maximum atomic E-state index is 12.8. The molecule has 1 aromatic carbocycles. The number of piperidine rings is 1. The normalized spacial score (nSPS) is 20.8. The first-order chi connectivity index (χ1) is 12.2. The minimum atomic E-state index is -0.0920. The summed E-state index contributed by atoms with van der Waals surface area (Å²) in [6, 6.07) is 11.5. The average molecular weight is 339 g/mol. The Hall–Kier alpha value is -2.44. The Morgan fingerprint density at radius 3 is 2.88 bits per heavy atom. The third-order valence-corrected chi connectivity index (χ3v) is 4.81. The second-order valence-corrected chi connectivity index (χ2v) is 6.57. The molecular weight excluding hydrogens is 318 g/mol. The first-order valence-electron chi connectivity index (χ1n) is 8.63. The maximum Gasteiger partial charge on any atom is 0.201 e. The van der Waals surface area contributed by atoms with Gasteiger partial charge in [-0.25, -0.2) is 4.98 Å². The van der Waals surface area contributed by atoms with Crippen molar-refractivity contribution in [3.63, 3.8) is 0 Å². The van der Waals surface area contributed by atoms with Crippen molar-refractivity contribution in [1.29, 1.82) is 0 Å². The highest BCUT2D eigenvalue weighted by molar-refractivity contribution is 5.97. The summed E-state index contributed by atoms with van der Waals surface area (Å²) in [6.45, 7) is 0.708. The second-order valence-electron chi connectivity index (χ2n) is 6.57. The highest BCUT2D eigenvalue weighted by atomic mass is 16.4. The van der Waals surface area contributed by atoms with E-state index < -0.39 is 0 Å². The lowest BCUT2D eigenvalue weighted by Crippen LogP contribution is -2.41. The molecule has 2 atom stereocenters. The van der Waals surface area contributed by atoms with Crippen LogP contribution in [-0.4, -0.2) is 33.4 Å². The molecular formula is C19H21N3O3. The Morgan fingerprint density at radius 2 is 2.08 bits per heavy atom. The molecule has 3 aromatic rings. The summed E-state index contributed by atoms with van der Waals surface area (Å²) in [5.41, 5.74) is 1.71. The monoisotopic (exact) mass is 339 g/mol. The summed E-state index contributed by atoms with van der Waals surface area (Å²) < 4.78 is 5.56. The molecule has 1 saturated heterocycles. The third kappa shape index (κ3) is 3.36. The van der Waals surface area contributed by atoms with Gasteiger partial charge in [-0.3, -0.25) is 4.79 Å². The van der Waals surface area contributed by atoms with Gasteiger partial charge < -0.3 is 19.8 Å². The molecule has 3 heterocycles. The highest BCUT2D eigenvalue weighted by Gasteiger charge is 2.29. The zero-order valence-electron chi connectivity index (χ0n) is 13.9. The lowest BCUT2D eigenvalue weighted by atomic mass is 9.87. The molecule has 6 heteroatoms. The molecule has 1 fully saturated rings. The van der Waals surface area contributed by atoms with E-state index in [1.807, 2.05) is 30.3 Å². The van der Waals surface area contributed by atoms with Crippen molar-refractivity contribution in [2.45, 2.75) is 31.9 Å². The van der Waals surface area contributed by atoms with Gasteiger partial charge in [0, 0.05) is 18.4 Å². The molecule has 1 aliphatic heterocycles. The van der Waals surface area contributed by atoms with Crippen LogP contribution in [0.4, 0.5) is 0 Å². The van der Waals surface area contributed by atoms with Crippen LogP contribution in [0.1, 0.15) is 35.0 Å². The molecule has 0 amide bonds. The molecule has 6 nitrogen and oxygen atoms in total. The number of hydrogen-bond acceptors (Lipinski definition) is 5. The smallest absolute Gasteiger partial charge is 0.201 e. The number of imidazole rings is 1. The van der Waals surface area contributed by atoms with Crippen molar-refractivity contribution in [2.24, 2.45) is 5.92 Å². The quantitative estimate of drug-likeness (QED) is 0.621. The molecule has 130 valence electrons. The van der Waals surface area contributed by atoms with E-state index in [2.05, 4.69) is 15.3 Å². The number of aliphatic hydroxyl groups is 1. The van der Waals surface area contributed by atoms with Crippen LogP contribution in [0, 0.1) is 5.92 Å². The molecule has 0 aliphatic carbocycles. The lowest BCUT2D eigenvalue weighted by molar-refractivity contribution is 0.0867. The van der Waals surface area contributed by atoms with E-state index in [1.165, 1.54) is 0 Å². The van der Waals surface area contributed by atoms with Crippen molar-refractivity contribution in [3.05, 3.63) is 53.7 Å². The second kappa shape index (κ2) is 6.82. The average Bonchev–Trinajstić information content (AvgIpc) is 3.27. The summed E-state index contributed by atoms with van der Waals surface area (Å²) in [5, 5.41) is 12.5. The van der Waals surface area contributed by atoms with Gasteiger partial charge in [0.05, 0.1) is 11.0 Å². The fourth-order valence-electron chi connectivity index (χ4n) is 3.52. The maximum absolute atomic E-state index is 12.8. The number of aromatic nitrogens is 2. The van der Waals surface area contributed by atoms with E-state index in [9.17, 15) is 4.79 Å². The van der Waals surface area contributed by atoms with Crippen LogP contribution >= 0.6 is 0 Å². The minimum Gasteiger partial charge on any atom is -0.464 e. The van der Waals surface area contributed by atoms with Crippen LogP contribution in [0.2, 0.25) is 0 Å². The minimum absolute atomic E-state index is 0.0425. The Balaban J connectivity index is 1.45. The number of Topliss-reactive ketones (excluding diaryl/α,β-unsaturated/α-hetero) is 1. The van der Waals surface area contributed by atoms with Crippen LogP contribution in [0.25, 0.3) is 11.0 Å². The number of H-pyrrole nitrogens is 1. The summed E-state index contributed by atoms with van der Waals surface area (Å²) in [7, 11) is 0. The summed E-state index contributed by atoms with van der Waals surface area (Å²) in [6.07, 6.45) is 2.28. The van der Waals surface area contributed by atoms with Crippen LogP contribution in [0.15, 0.2) is 40.8 Å². The summed E-state index contributed by atoms with van der Waals surface area (Å²) >= 11 is 0. The van der Waals surface area contributed by atoms with Crippen molar-refractivity contribution in [3.8, 4) is 0 Å². The molecule has 0 bridgehead atoms. The van der Waals surface area contributed by atoms with Crippen molar-refractivity contribution < 1.29 is 14.3 Å². The Bertz CT molecular complexity index is 850. The predicted molar refractivity (Wildman–Crippen MR) is 93.3 cm³/mol. The van der Waals surface area contributed by atoms with Gasteiger partial charge >= 0.3 is 0 Å². The molecule has 1 aliphatic rings. The Morgan fingerprint density at radius 1 is 1.24 bits per heavy atom. The van der Waals surface area contributed by atoms with E-state index in [1.54, 1.807) is 6.07 Å². The number of ketones is 1. The van der Waals surface area contributed by atoms with Crippen LogP contribution in [0.3, 0.4) is 0 Å². The van der Waals surface area contributed by atoms with Gasteiger partial charge in [-0.05, 0) is 43.7 Å². The van der Waals surface area contributed by atoms with Crippen LogP contribution in [-0.2, 0) is 13.0 Å². The summed E-state index contributed by atoms with van der Waals surface area (Å²) in [5.74, 6) is 1.89. The van der Waals surface area contributed by atoms with Crippen LogP contribution in [0.5, 0.6) is 0 Å². The number of carbonyl (C=O) groups excluding carboxylic acids is 1. The number of carbonyl (C=O) groups is 1. The van der Waals surface area contributed by atoms with E-state index in [-0.39, 0.29) is 24.3 Å². The zero-order chi connectivity index (χ0) is 17.2. The van der Waals surface area contributed by atoms with E-state index in [0.717, 1.165) is 36.2 Å². The van der Waals surface area contributed by atoms with Gasteiger partial charge in [-0.15, -0.1) is 0 Å². The van der Waals surface area contributed by atoms with E-state index in [4.69, 9.17) is 9.52 Å². The number of hydrogen-bond donors (Lipinski definition) is 3. The van der Waals surface area contributed by atoms with Crippen molar-refractivity contribution in [2.75, 3.05) is 6.54 Å². The van der Waals surface area contributed by atoms with Crippen molar-refractivity contribution >= 4 is 16.8 Å². The molecule has 2 unspecified atom stereocenters. The Kier molecular flexibility index (Phi) is 4.38. The number of rotatable bonds is 5. The van der Waals surface area contributed by atoms with Gasteiger partial charge in [0.1, 0.15) is 18.1 Å². The Labute approximate surface area is 145 Å². The van der Waals surface area contributed by atoms with Gasteiger partial charge in [0.15, 0.2) is 5.82 Å². The summed E-state index contributed by atoms with van der Waals surface area (Å²) in [4.78, 5) is 20.4. The standard InChI is InChI=1S/C19H21N3O3/c23-11-15-6-5-14(25-15)10-13-9-12(7-8-20-13)18(24)19-21-16-3-1-2-4-17(16)22-19/h1-6,12-13,20,23H,7-11H2,(H,21,22). The number of furan rings is 1. The van der Waals surface area contributed by atoms with E-state index >= 15 is 0 Å². The molecule has 0 saturated carbocycles. The first-order valence-corrected chi connectivity index (χ1v) is 8.63. The number of nitrogens with one attached hydrogen (secondary N) is 2. The SMILES string of the molecule is O=C(c1nc2ccccc2[nH]1)C1CCNC(Cc2ccc(CO)o2)C1. The number of nitrogens with zero attached hydrogens (tertiary/aromatic N) is 1. The predicted octanol–water partition coefficient (Wildman–Crippen LogP) is 2.44. The number of fused-ring (bicyclic) bond motifs is 1. The largest absolute Gasteiger partial charge is 0.464 e. The molecule has 0 spiro atoms. The van der Waals surface area contributed by atoms with Crippen LogP contribution < -0.4 is 5.32 Å². The number of aromatic amines is 1. The fourth-order valence-corrected chi connectivity index (χ4v) is 3.52. The van der Waals surface area contributed by atoms with Gasteiger partial charge in [-0.1, -0.05) is 12.1 Å². The van der Waals surface area contributed by atoms with Gasteiger partial charge in [-0.2, -0.15) is 0 Å². The molecule has 4 rings (SSSR count). The number of aliphatic hydroxyl groups excluding tert-OH is 1. The number of benzene rings is 1. The van der Waals surface area contributed by atoms with Gasteiger partial charge in [0.25, 0.3) is 0 Å². The lowest BCUT2D eigenvalue weighted by Gasteiger charge is -2.28. The molecule has 3 N–H and O–H groups in total. The van der Waals surface area contributed by atoms with E-state index in [0.29, 0.717) is 18.0 Å². The van der Waals surface area contributed by atoms with Crippen molar-refractivity contribution in [1.82, 2.24) is 15.3 Å². The third-order valence-electron chi connectivity index (χ3n) is 4.81. The highest BCUT2D eigenvalue weighted by Crippen LogP contribution is 2.24. The topological polar surface area (TPSA) is 91.2 Å². The zero-order valence-corrected chi connectivity index (χ0v) is 13.9. The van der Waals surface area contributed by atoms with Gasteiger partial charge in [0.2, 0.25) is 5.78 Å².